The van der Waals surface area contributed by atoms with Crippen LogP contribution in [0, 0.1) is 5.92 Å². The number of aliphatic hydroxyl groups is 1. The van der Waals surface area contributed by atoms with Crippen LogP contribution in [0.5, 0.6) is 0 Å². The predicted octanol–water partition coefficient (Wildman–Crippen LogP) is 1.45. The van der Waals surface area contributed by atoms with Crippen molar-refractivity contribution >= 4 is 0 Å². The summed E-state index contributed by atoms with van der Waals surface area (Å²) in [5.74, 6) is 0.669. The van der Waals surface area contributed by atoms with E-state index in [0.717, 1.165) is 19.5 Å². The lowest BCUT2D eigenvalue weighted by atomic mass is 10.1. The normalized spacial score (nSPS) is 27.8. The first-order chi connectivity index (χ1) is 5.20. The minimum atomic E-state index is -0.161. The molecule has 0 radical (unpaired) electrons. The highest BCUT2D eigenvalue weighted by atomic mass is 16.3. The topological polar surface area (TPSA) is 23.5 Å². The van der Waals surface area contributed by atoms with Crippen molar-refractivity contribution in [1.29, 1.82) is 0 Å². The van der Waals surface area contributed by atoms with Crippen molar-refractivity contribution in [2.24, 2.45) is 5.92 Å². The number of aliphatic hydroxyl groups excluding tert-OH is 1. The highest BCUT2D eigenvalue weighted by Gasteiger charge is 2.19. The molecular weight excluding hydrogens is 138 g/mol. The van der Waals surface area contributed by atoms with Gasteiger partial charge < -0.3 is 5.11 Å². The van der Waals surface area contributed by atoms with Crippen molar-refractivity contribution in [2.75, 3.05) is 13.1 Å². The molecule has 1 aliphatic heterocycles. The van der Waals surface area contributed by atoms with Crippen molar-refractivity contribution in [3.63, 3.8) is 0 Å². The summed E-state index contributed by atoms with van der Waals surface area (Å²) in [4.78, 5) is 2.19. The van der Waals surface area contributed by atoms with Crippen LogP contribution < -0.4 is 0 Å². The largest absolute Gasteiger partial charge is 0.378 e. The van der Waals surface area contributed by atoms with Gasteiger partial charge >= 0.3 is 0 Å². The first-order valence-corrected chi connectivity index (χ1v) is 4.62. The number of likely N-dealkylation sites (tertiary alicyclic amines) is 1. The maximum atomic E-state index is 9.54. The summed E-state index contributed by atoms with van der Waals surface area (Å²) in [6, 6.07) is 0. The van der Waals surface area contributed by atoms with E-state index in [2.05, 4.69) is 18.7 Å². The fourth-order valence-corrected chi connectivity index (χ4v) is 1.66. The zero-order valence-corrected chi connectivity index (χ0v) is 7.58. The average Bonchev–Trinajstić information content (AvgIpc) is 1.93. The van der Waals surface area contributed by atoms with Crippen molar-refractivity contribution in [3.05, 3.63) is 0 Å². The average molecular weight is 157 g/mol. The Labute approximate surface area is 69.2 Å². The molecule has 0 spiro atoms. The summed E-state index contributed by atoms with van der Waals surface area (Å²) >= 11 is 0. The van der Waals surface area contributed by atoms with Crippen LogP contribution in [0.2, 0.25) is 0 Å². The maximum absolute atomic E-state index is 9.54. The molecule has 11 heavy (non-hydrogen) atoms. The van der Waals surface area contributed by atoms with E-state index in [4.69, 9.17) is 0 Å². The van der Waals surface area contributed by atoms with Crippen molar-refractivity contribution in [1.82, 2.24) is 4.90 Å². The monoisotopic (exact) mass is 157 g/mol. The summed E-state index contributed by atoms with van der Waals surface area (Å²) in [7, 11) is 0. The number of piperidine rings is 1. The fourth-order valence-electron chi connectivity index (χ4n) is 1.66. The van der Waals surface area contributed by atoms with E-state index in [0.29, 0.717) is 5.92 Å². The molecule has 0 bridgehead atoms. The van der Waals surface area contributed by atoms with Gasteiger partial charge in [-0.1, -0.05) is 13.8 Å². The molecule has 1 heterocycles. The zero-order chi connectivity index (χ0) is 8.27. The first-order valence-electron chi connectivity index (χ1n) is 4.62. The summed E-state index contributed by atoms with van der Waals surface area (Å²) in [6.45, 7) is 6.52. The van der Waals surface area contributed by atoms with Gasteiger partial charge in [0.15, 0.2) is 0 Å². The molecule has 1 unspecified atom stereocenters. The first kappa shape index (κ1) is 9.01. The predicted molar refractivity (Wildman–Crippen MR) is 46.3 cm³/mol. The summed E-state index contributed by atoms with van der Waals surface area (Å²) in [6.07, 6.45) is 3.25. The van der Waals surface area contributed by atoms with E-state index in [9.17, 15) is 5.11 Å². The molecule has 0 aromatic rings. The van der Waals surface area contributed by atoms with Gasteiger partial charge in [-0.2, -0.15) is 0 Å². The molecule has 2 nitrogen and oxygen atoms in total. The third kappa shape index (κ3) is 2.80. The molecule has 1 rings (SSSR count). The Hall–Kier alpha value is -0.0800. The maximum Gasteiger partial charge on any atom is 0.107 e. The van der Waals surface area contributed by atoms with Gasteiger partial charge in [0.1, 0.15) is 6.23 Å². The number of rotatable bonds is 2. The second-order valence-corrected chi connectivity index (χ2v) is 3.87. The van der Waals surface area contributed by atoms with Gasteiger partial charge in [0, 0.05) is 13.1 Å². The Bertz CT molecular complexity index is 114. The second kappa shape index (κ2) is 4.07. The molecule has 0 aromatic heterocycles. The van der Waals surface area contributed by atoms with Crippen LogP contribution >= 0.6 is 0 Å². The van der Waals surface area contributed by atoms with Crippen molar-refractivity contribution in [3.8, 4) is 0 Å². The number of hydrogen-bond donors (Lipinski definition) is 1. The van der Waals surface area contributed by atoms with E-state index < -0.39 is 0 Å². The number of hydrogen-bond acceptors (Lipinski definition) is 2. The molecule has 2 heteroatoms. The molecule has 0 aliphatic carbocycles. The quantitative estimate of drug-likeness (QED) is 0.655. The summed E-state index contributed by atoms with van der Waals surface area (Å²) in [5.41, 5.74) is 0. The highest BCUT2D eigenvalue weighted by molar-refractivity contribution is 4.69. The molecule has 1 saturated heterocycles. The molecule has 1 aliphatic rings. The Morgan fingerprint density at radius 3 is 2.73 bits per heavy atom. The standard InChI is InChI=1S/C9H19NO/c1-8(2)7-10-6-4-3-5-9(10)11/h8-9,11H,3-7H2,1-2H3. The van der Waals surface area contributed by atoms with Gasteiger partial charge in [-0.3, -0.25) is 4.90 Å². The van der Waals surface area contributed by atoms with Gasteiger partial charge in [0.25, 0.3) is 0 Å². The minimum Gasteiger partial charge on any atom is -0.378 e. The lowest BCUT2D eigenvalue weighted by Crippen LogP contribution is -2.41. The fraction of sp³-hybridized carbons (Fsp3) is 1.00. The molecule has 0 saturated carbocycles. The van der Waals surface area contributed by atoms with Crippen LogP contribution in [-0.4, -0.2) is 29.3 Å². The van der Waals surface area contributed by atoms with Crippen LogP contribution in [0.4, 0.5) is 0 Å². The van der Waals surface area contributed by atoms with Gasteiger partial charge in [-0.25, -0.2) is 0 Å². The molecule has 1 fully saturated rings. The third-order valence-corrected chi connectivity index (χ3v) is 2.18. The molecule has 0 aromatic carbocycles. The van der Waals surface area contributed by atoms with Crippen LogP contribution in [-0.2, 0) is 0 Å². The molecule has 0 amide bonds. The van der Waals surface area contributed by atoms with Crippen LogP contribution in [0.1, 0.15) is 33.1 Å². The van der Waals surface area contributed by atoms with Crippen LogP contribution in [0.3, 0.4) is 0 Å². The third-order valence-electron chi connectivity index (χ3n) is 2.18. The van der Waals surface area contributed by atoms with Crippen molar-refractivity contribution in [2.45, 2.75) is 39.3 Å². The smallest absolute Gasteiger partial charge is 0.107 e. The molecule has 1 atom stereocenters. The molecule has 66 valence electrons. The van der Waals surface area contributed by atoms with Gasteiger partial charge in [0.05, 0.1) is 0 Å². The van der Waals surface area contributed by atoms with Gasteiger partial charge in [0.2, 0.25) is 0 Å². The van der Waals surface area contributed by atoms with E-state index >= 15 is 0 Å². The summed E-state index contributed by atoms with van der Waals surface area (Å²) in [5, 5.41) is 9.54. The Morgan fingerprint density at radius 1 is 1.45 bits per heavy atom. The molecular formula is C9H19NO. The number of nitrogens with zero attached hydrogens (tertiary/aromatic N) is 1. The van der Waals surface area contributed by atoms with Crippen LogP contribution in [0.25, 0.3) is 0 Å². The lowest BCUT2D eigenvalue weighted by Gasteiger charge is -2.33. The Kier molecular flexibility index (Phi) is 3.34. The van der Waals surface area contributed by atoms with E-state index in [-0.39, 0.29) is 6.23 Å². The van der Waals surface area contributed by atoms with E-state index in [1.165, 1.54) is 12.8 Å². The highest BCUT2D eigenvalue weighted by Crippen LogP contribution is 2.15. The Balaban J connectivity index is 2.29. The molecule has 1 N–H and O–H groups in total. The lowest BCUT2D eigenvalue weighted by molar-refractivity contribution is -0.0296. The van der Waals surface area contributed by atoms with E-state index in [1.807, 2.05) is 0 Å². The van der Waals surface area contributed by atoms with Gasteiger partial charge in [-0.05, 0) is 25.2 Å². The van der Waals surface area contributed by atoms with Crippen LogP contribution in [0.15, 0.2) is 0 Å². The SMILES string of the molecule is CC(C)CN1CCCCC1O. The van der Waals surface area contributed by atoms with Gasteiger partial charge in [-0.15, -0.1) is 0 Å². The van der Waals surface area contributed by atoms with E-state index in [1.54, 1.807) is 0 Å². The zero-order valence-electron chi connectivity index (χ0n) is 7.58. The summed E-state index contributed by atoms with van der Waals surface area (Å²) < 4.78 is 0. The van der Waals surface area contributed by atoms with Crippen molar-refractivity contribution < 1.29 is 5.11 Å². The minimum absolute atomic E-state index is 0.161. The second-order valence-electron chi connectivity index (χ2n) is 3.87. The Morgan fingerprint density at radius 2 is 2.18 bits per heavy atom.